The summed E-state index contributed by atoms with van der Waals surface area (Å²) in [6.45, 7) is 0. The van der Waals surface area contributed by atoms with E-state index < -0.39 is 17.4 Å². The number of halogens is 3. The molecule has 0 bridgehead atoms. The summed E-state index contributed by atoms with van der Waals surface area (Å²) in [6.07, 6.45) is -4.10. The van der Waals surface area contributed by atoms with Crippen LogP contribution < -0.4 is 4.74 Å². The van der Waals surface area contributed by atoms with Crippen LogP contribution in [0.5, 0.6) is 5.75 Å². The molecule has 1 saturated heterocycles. The summed E-state index contributed by atoms with van der Waals surface area (Å²) >= 11 is 0. The SMILES string of the molecule is COc1ccc([C@@]23O[C@]2(C(F)(F)F)CCc2ccccc23)cc1. The van der Waals surface area contributed by atoms with Gasteiger partial charge < -0.3 is 9.47 Å². The third-order valence-corrected chi connectivity index (χ3v) is 4.95. The van der Waals surface area contributed by atoms with Crippen molar-refractivity contribution in [3.05, 3.63) is 65.2 Å². The highest BCUT2D eigenvalue weighted by Gasteiger charge is 2.84. The van der Waals surface area contributed by atoms with E-state index in [9.17, 15) is 13.2 Å². The molecule has 0 aromatic heterocycles. The fraction of sp³-hybridized carbons (Fsp3) is 0.333. The van der Waals surface area contributed by atoms with Crippen LogP contribution in [0.25, 0.3) is 0 Å². The van der Waals surface area contributed by atoms with Gasteiger partial charge in [0.15, 0.2) is 5.60 Å². The van der Waals surface area contributed by atoms with Crippen LogP contribution in [0.2, 0.25) is 0 Å². The molecule has 0 spiro atoms. The van der Waals surface area contributed by atoms with E-state index in [4.69, 9.17) is 9.47 Å². The van der Waals surface area contributed by atoms with Crippen LogP contribution in [0.3, 0.4) is 0 Å². The van der Waals surface area contributed by atoms with Crippen LogP contribution in [-0.2, 0) is 16.8 Å². The number of methoxy groups -OCH3 is 1. The standard InChI is InChI=1S/C18H15F3O2/c1-22-14-8-6-13(7-9-14)17-15-5-3-2-4-12(15)10-11-16(17,23-17)18(19,20)21/h2-9H,10-11H2,1H3/t16-,17+/m1/s1. The number of benzene rings is 2. The lowest BCUT2D eigenvalue weighted by molar-refractivity contribution is -0.187. The van der Waals surface area contributed by atoms with Crippen LogP contribution in [0.15, 0.2) is 48.5 Å². The first-order chi connectivity index (χ1) is 10.9. The second-order valence-corrected chi connectivity index (χ2v) is 5.99. The number of hydrogen-bond acceptors (Lipinski definition) is 2. The van der Waals surface area contributed by atoms with E-state index in [0.29, 0.717) is 23.3 Å². The summed E-state index contributed by atoms with van der Waals surface area (Å²) in [4.78, 5) is 0. The molecular formula is C18H15F3O2. The van der Waals surface area contributed by atoms with Gasteiger partial charge in [-0.1, -0.05) is 36.4 Å². The fourth-order valence-electron chi connectivity index (χ4n) is 3.80. The maximum atomic E-state index is 13.8. The molecule has 2 aromatic carbocycles. The van der Waals surface area contributed by atoms with Gasteiger partial charge in [-0.2, -0.15) is 13.2 Å². The van der Waals surface area contributed by atoms with Crippen molar-refractivity contribution in [3.63, 3.8) is 0 Å². The number of epoxide rings is 1. The highest BCUT2D eigenvalue weighted by Crippen LogP contribution is 2.70. The molecule has 1 aliphatic heterocycles. The predicted octanol–water partition coefficient (Wildman–Crippen LogP) is 4.22. The van der Waals surface area contributed by atoms with Crippen LogP contribution in [0, 0.1) is 0 Å². The number of fused-ring (bicyclic) bond motifs is 3. The molecule has 5 heteroatoms. The Balaban J connectivity index is 1.92. The molecule has 0 saturated carbocycles. The van der Waals surface area contributed by atoms with Crippen molar-refractivity contribution in [2.24, 2.45) is 0 Å². The zero-order valence-electron chi connectivity index (χ0n) is 12.5. The minimum Gasteiger partial charge on any atom is -0.497 e. The number of ether oxygens (including phenoxy) is 2. The van der Waals surface area contributed by atoms with Gasteiger partial charge in [-0.05, 0) is 41.7 Å². The van der Waals surface area contributed by atoms with E-state index in [1.165, 1.54) is 7.11 Å². The molecule has 1 aliphatic carbocycles. The summed E-state index contributed by atoms with van der Waals surface area (Å²) in [5.41, 5.74) is -1.51. The highest BCUT2D eigenvalue weighted by atomic mass is 19.4. The molecule has 1 heterocycles. The van der Waals surface area contributed by atoms with E-state index >= 15 is 0 Å². The monoisotopic (exact) mass is 320 g/mol. The van der Waals surface area contributed by atoms with Crippen LogP contribution in [-0.4, -0.2) is 18.9 Å². The molecule has 1 fully saturated rings. The zero-order chi connectivity index (χ0) is 16.3. The highest BCUT2D eigenvalue weighted by molar-refractivity contribution is 5.54. The van der Waals surface area contributed by atoms with Gasteiger partial charge >= 0.3 is 6.18 Å². The molecule has 0 radical (unpaired) electrons. The van der Waals surface area contributed by atoms with Crippen molar-refractivity contribution in [1.82, 2.24) is 0 Å². The summed E-state index contributed by atoms with van der Waals surface area (Å²) in [5.74, 6) is 0.604. The van der Waals surface area contributed by atoms with Crippen molar-refractivity contribution in [2.45, 2.75) is 30.2 Å². The van der Waals surface area contributed by atoms with Crippen molar-refractivity contribution >= 4 is 0 Å². The molecule has 0 amide bonds. The third kappa shape index (κ3) is 1.74. The van der Waals surface area contributed by atoms with Crippen LogP contribution in [0.4, 0.5) is 13.2 Å². The van der Waals surface area contributed by atoms with E-state index in [-0.39, 0.29) is 6.42 Å². The molecular weight excluding hydrogens is 305 g/mol. The smallest absolute Gasteiger partial charge is 0.421 e. The normalized spacial score (nSPS) is 28.7. The Kier molecular flexibility index (Phi) is 2.86. The van der Waals surface area contributed by atoms with Crippen molar-refractivity contribution in [2.75, 3.05) is 7.11 Å². The minimum atomic E-state index is -4.42. The Bertz CT molecular complexity index is 754. The molecule has 4 rings (SSSR count). The Labute approximate surface area is 131 Å². The first-order valence-electron chi connectivity index (χ1n) is 7.44. The average Bonchev–Trinajstić information content (AvgIpc) is 3.28. The van der Waals surface area contributed by atoms with E-state index in [2.05, 4.69) is 0 Å². The van der Waals surface area contributed by atoms with Gasteiger partial charge in [-0.15, -0.1) is 0 Å². The van der Waals surface area contributed by atoms with Gasteiger partial charge in [0.25, 0.3) is 0 Å². The molecule has 2 aromatic rings. The molecule has 2 atom stereocenters. The van der Waals surface area contributed by atoms with Gasteiger partial charge in [-0.3, -0.25) is 0 Å². The van der Waals surface area contributed by atoms with Gasteiger partial charge in [0.05, 0.1) is 7.11 Å². The molecule has 23 heavy (non-hydrogen) atoms. The van der Waals surface area contributed by atoms with Gasteiger partial charge in [-0.25, -0.2) is 0 Å². The van der Waals surface area contributed by atoms with Gasteiger partial charge in [0, 0.05) is 0 Å². The van der Waals surface area contributed by atoms with Gasteiger partial charge in [0.2, 0.25) is 5.60 Å². The lowest BCUT2D eigenvalue weighted by Gasteiger charge is -2.29. The number of aryl methyl sites for hydroxylation is 1. The maximum Gasteiger partial charge on any atom is 0.421 e. The topological polar surface area (TPSA) is 21.8 Å². The average molecular weight is 320 g/mol. The van der Waals surface area contributed by atoms with E-state index in [1.54, 1.807) is 36.4 Å². The minimum absolute atomic E-state index is 0.0560. The lowest BCUT2D eigenvalue weighted by atomic mass is 9.71. The molecule has 2 nitrogen and oxygen atoms in total. The fourth-order valence-corrected chi connectivity index (χ4v) is 3.80. The summed E-state index contributed by atoms with van der Waals surface area (Å²) in [6, 6.07) is 13.9. The Morgan fingerprint density at radius 2 is 1.74 bits per heavy atom. The summed E-state index contributed by atoms with van der Waals surface area (Å²) in [7, 11) is 1.52. The van der Waals surface area contributed by atoms with E-state index in [0.717, 1.165) is 5.56 Å². The molecule has 120 valence electrons. The number of rotatable bonds is 2. The van der Waals surface area contributed by atoms with E-state index in [1.807, 2.05) is 12.1 Å². The van der Waals surface area contributed by atoms with Crippen molar-refractivity contribution < 1.29 is 22.6 Å². The van der Waals surface area contributed by atoms with Crippen molar-refractivity contribution in [3.8, 4) is 5.75 Å². The lowest BCUT2D eigenvalue weighted by Crippen LogP contribution is -2.43. The second-order valence-electron chi connectivity index (χ2n) is 5.99. The Morgan fingerprint density at radius 1 is 1.04 bits per heavy atom. The zero-order valence-corrected chi connectivity index (χ0v) is 12.5. The first-order valence-corrected chi connectivity index (χ1v) is 7.44. The Morgan fingerprint density at radius 3 is 2.39 bits per heavy atom. The third-order valence-electron chi connectivity index (χ3n) is 4.95. The molecule has 2 aliphatic rings. The summed E-state index contributed by atoms with van der Waals surface area (Å²) in [5, 5.41) is 0. The summed E-state index contributed by atoms with van der Waals surface area (Å²) < 4.78 is 52.0. The van der Waals surface area contributed by atoms with Crippen LogP contribution >= 0.6 is 0 Å². The quantitative estimate of drug-likeness (QED) is 0.773. The molecule has 0 N–H and O–H groups in total. The van der Waals surface area contributed by atoms with Crippen LogP contribution in [0.1, 0.15) is 23.1 Å². The van der Waals surface area contributed by atoms with Gasteiger partial charge in [0.1, 0.15) is 5.75 Å². The second kappa shape index (κ2) is 4.51. The number of alkyl halides is 3. The predicted molar refractivity (Wildman–Crippen MR) is 78.4 cm³/mol. The maximum absolute atomic E-state index is 13.8. The molecule has 0 unspecified atom stereocenters. The Hall–Kier alpha value is -2.01. The largest absolute Gasteiger partial charge is 0.497 e. The first kappa shape index (κ1) is 14.6. The van der Waals surface area contributed by atoms with Crippen molar-refractivity contribution in [1.29, 1.82) is 0 Å². The number of hydrogen-bond donors (Lipinski definition) is 0.